The van der Waals surface area contributed by atoms with Crippen LogP contribution in [0, 0.1) is 0 Å². The van der Waals surface area contributed by atoms with Crippen LogP contribution >= 0.6 is 0 Å². The fourth-order valence-corrected chi connectivity index (χ4v) is 2.09. The minimum atomic E-state index is -1.10. The number of aryl methyl sites for hydroxylation is 1. The number of imide groups is 1. The highest BCUT2D eigenvalue weighted by Crippen LogP contribution is 2.15. The van der Waals surface area contributed by atoms with Crippen molar-refractivity contribution in [3.63, 3.8) is 0 Å². The molecule has 9 heteroatoms. The molecule has 1 heterocycles. The van der Waals surface area contributed by atoms with Crippen molar-refractivity contribution >= 4 is 17.9 Å². The van der Waals surface area contributed by atoms with Crippen molar-refractivity contribution in [2.45, 2.75) is 45.8 Å². The van der Waals surface area contributed by atoms with E-state index in [1.54, 1.807) is 13.8 Å². The summed E-state index contributed by atoms with van der Waals surface area (Å²) in [4.78, 5) is 39.4. The zero-order valence-electron chi connectivity index (χ0n) is 15.4. The fraction of sp³-hybridized carbons (Fsp3) is 0.389. The summed E-state index contributed by atoms with van der Waals surface area (Å²) in [6.45, 7) is 4.90. The first-order valence-electron chi connectivity index (χ1n) is 8.54. The van der Waals surface area contributed by atoms with Crippen LogP contribution < -0.4 is 10.6 Å². The van der Waals surface area contributed by atoms with E-state index in [9.17, 15) is 14.4 Å². The summed E-state index contributed by atoms with van der Waals surface area (Å²) in [6.07, 6.45) is -0.953. The molecule has 144 valence electrons. The van der Waals surface area contributed by atoms with Crippen molar-refractivity contribution in [3.8, 4) is 11.4 Å². The molecule has 9 nitrogen and oxygen atoms in total. The summed E-state index contributed by atoms with van der Waals surface area (Å²) in [6, 6.07) is 8.53. The van der Waals surface area contributed by atoms with Gasteiger partial charge in [0.2, 0.25) is 11.7 Å². The first-order valence-corrected chi connectivity index (χ1v) is 8.54. The quantitative estimate of drug-likeness (QED) is 0.709. The number of carbonyl (C=O) groups is 3. The van der Waals surface area contributed by atoms with E-state index in [1.807, 2.05) is 30.3 Å². The Hall–Kier alpha value is -3.23. The minimum Gasteiger partial charge on any atom is -0.453 e. The molecule has 2 N–H and O–H groups in total. The molecule has 1 aromatic heterocycles. The molecule has 0 aliphatic heterocycles. The average Bonchev–Trinajstić information content (AvgIpc) is 3.09. The lowest BCUT2D eigenvalue weighted by atomic mass is 10.2. The van der Waals surface area contributed by atoms with Gasteiger partial charge in [-0.05, 0) is 20.8 Å². The molecule has 27 heavy (non-hydrogen) atoms. The van der Waals surface area contributed by atoms with Gasteiger partial charge in [0, 0.05) is 18.0 Å². The molecule has 1 unspecified atom stereocenters. The van der Waals surface area contributed by atoms with E-state index < -0.39 is 24.0 Å². The van der Waals surface area contributed by atoms with Crippen LogP contribution in [0.5, 0.6) is 0 Å². The summed E-state index contributed by atoms with van der Waals surface area (Å²) >= 11 is 0. The smallest absolute Gasteiger partial charge is 0.321 e. The van der Waals surface area contributed by atoms with Crippen molar-refractivity contribution < 1.29 is 23.6 Å². The van der Waals surface area contributed by atoms with Crippen LogP contribution in [0.4, 0.5) is 4.79 Å². The molecule has 0 saturated carbocycles. The summed E-state index contributed by atoms with van der Waals surface area (Å²) in [7, 11) is 0. The van der Waals surface area contributed by atoms with Gasteiger partial charge in [0.05, 0.1) is 6.42 Å². The molecule has 1 atom stereocenters. The Morgan fingerprint density at radius 3 is 2.52 bits per heavy atom. The maximum absolute atomic E-state index is 11.9. The van der Waals surface area contributed by atoms with Crippen LogP contribution in [0.3, 0.4) is 0 Å². The van der Waals surface area contributed by atoms with Crippen LogP contribution in [0.1, 0.15) is 33.1 Å². The molecule has 3 amide bonds. The number of benzene rings is 1. The van der Waals surface area contributed by atoms with E-state index in [0.29, 0.717) is 11.7 Å². The number of urea groups is 1. The largest absolute Gasteiger partial charge is 0.453 e. The van der Waals surface area contributed by atoms with Gasteiger partial charge in [-0.3, -0.25) is 14.9 Å². The van der Waals surface area contributed by atoms with E-state index in [1.165, 1.54) is 6.92 Å². The number of ether oxygens (including phenoxy) is 1. The van der Waals surface area contributed by atoms with Gasteiger partial charge in [0.25, 0.3) is 5.91 Å². The summed E-state index contributed by atoms with van der Waals surface area (Å²) in [5.41, 5.74) is 0.806. The van der Waals surface area contributed by atoms with E-state index in [4.69, 9.17) is 9.26 Å². The average molecular weight is 374 g/mol. The lowest BCUT2D eigenvalue weighted by Crippen LogP contribution is -2.46. The standard InChI is InChI=1S/C18H22N4O5/c1-11(2)19-18(25)21-17(24)12(3)26-15(23)10-9-14-20-16(22-27-14)13-7-5-4-6-8-13/h4-8,11-12H,9-10H2,1-3H3,(H2,19,21,24,25). The summed E-state index contributed by atoms with van der Waals surface area (Å²) in [5, 5.41) is 8.47. The zero-order chi connectivity index (χ0) is 19.8. The fourth-order valence-electron chi connectivity index (χ4n) is 2.09. The second-order valence-electron chi connectivity index (χ2n) is 6.13. The number of carbonyl (C=O) groups excluding carboxylic acids is 3. The lowest BCUT2D eigenvalue weighted by molar-refractivity contribution is -0.154. The van der Waals surface area contributed by atoms with E-state index in [0.717, 1.165) is 5.56 Å². The molecule has 0 fully saturated rings. The normalized spacial score (nSPS) is 11.7. The van der Waals surface area contributed by atoms with Gasteiger partial charge < -0.3 is 14.6 Å². The number of aromatic nitrogens is 2. The molecule has 0 spiro atoms. The van der Waals surface area contributed by atoms with Crippen LogP contribution in [0.25, 0.3) is 11.4 Å². The third kappa shape index (κ3) is 6.53. The van der Waals surface area contributed by atoms with Crippen molar-refractivity contribution in [1.82, 2.24) is 20.8 Å². The van der Waals surface area contributed by atoms with Gasteiger partial charge in [-0.25, -0.2) is 4.79 Å². The monoisotopic (exact) mass is 374 g/mol. The second kappa shape index (κ2) is 9.46. The van der Waals surface area contributed by atoms with E-state index in [2.05, 4.69) is 20.8 Å². The van der Waals surface area contributed by atoms with Gasteiger partial charge in [-0.2, -0.15) is 4.98 Å². The topological polar surface area (TPSA) is 123 Å². The Kier molecular flexibility index (Phi) is 7.04. The van der Waals surface area contributed by atoms with Gasteiger partial charge in [0.15, 0.2) is 6.10 Å². The summed E-state index contributed by atoms with van der Waals surface area (Å²) < 4.78 is 10.1. The lowest BCUT2D eigenvalue weighted by Gasteiger charge is -2.14. The number of esters is 1. The van der Waals surface area contributed by atoms with Crippen molar-refractivity contribution in [2.24, 2.45) is 0 Å². The van der Waals surface area contributed by atoms with E-state index in [-0.39, 0.29) is 18.9 Å². The van der Waals surface area contributed by atoms with Gasteiger partial charge in [-0.15, -0.1) is 0 Å². The molecule has 2 aromatic rings. The molecule has 0 aliphatic carbocycles. The Morgan fingerprint density at radius 2 is 1.85 bits per heavy atom. The zero-order valence-corrected chi connectivity index (χ0v) is 15.4. The number of nitrogens with one attached hydrogen (secondary N) is 2. The number of nitrogens with zero attached hydrogens (tertiary/aromatic N) is 2. The molecular formula is C18H22N4O5. The third-order valence-corrected chi connectivity index (χ3v) is 3.38. The number of rotatable bonds is 7. The maximum Gasteiger partial charge on any atom is 0.321 e. The Morgan fingerprint density at radius 1 is 1.15 bits per heavy atom. The van der Waals surface area contributed by atoms with Gasteiger partial charge in [0.1, 0.15) is 0 Å². The van der Waals surface area contributed by atoms with Gasteiger partial charge >= 0.3 is 12.0 Å². The second-order valence-corrected chi connectivity index (χ2v) is 6.13. The third-order valence-electron chi connectivity index (χ3n) is 3.38. The predicted octanol–water partition coefficient (Wildman–Crippen LogP) is 1.84. The van der Waals surface area contributed by atoms with Crippen LogP contribution in [0.2, 0.25) is 0 Å². The number of hydrogen-bond donors (Lipinski definition) is 2. The van der Waals surface area contributed by atoms with Crippen molar-refractivity contribution in [2.75, 3.05) is 0 Å². The molecule has 0 aliphatic rings. The molecule has 0 saturated heterocycles. The predicted molar refractivity (Wildman–Crippen MR) is 95.4 cm³/mol. The van der Waals surface area contributed by atoms with Gasteiger partial charge in [-0.1, -0.05) is 35.5 Å². The minimum absolute atomic E-state index is 0.0355. The van der Waals surface area contributed by atoms with Crippen molar-refractivity contribution in [3.05, 3.63) is 36.2 Å². The highest BCUT2D eigenvalue weighted by Gasteiger charge is 2.20. The number of amides is 3. The van der Waals surface area contributed by atoms with Crippen LogP contribution in [-0.4, -0.2) is 40.2 Å². The SMILES string of the molecule is CC(C)NC(=O)NC(=O)C(C)OC(=O)CCc1nc(-c2ccccc2)no1. The van der Waals surface area contributed by atoms with E-state index >= 15 is 0 Å². The molecule has 0 bridgehead atoms. The first-order chi connectivity index (χ1) is 12.8. The molecule has 1 aromatic carbocycles. The molecule has 0 radical (unpaired) electrons. The molecular weight excluding hydrogens is 352 g/mol. The Labute approximate surface area is 156 Å². The molecule has 2 rings (SSSR count). The maximum atomic E-state index is 11.9. The Bertz CT molecular complexity index is 788. The summed E-state index contributed by atoms with van der Waals surface area (Å²) in [5.74, 6) is -0.589. The Balaban J connectivity index is 1.78. The first kappa shape index (κ1) is 20.1. The van der Waals surface area contributed by atoms with Crippen LogP contribution in [-0.2, 0) is 20.7 Å². The van der Waals surface area contributed by atoms with Crippen molar-refractivity contribution in [1.29, 1.82) is 0 Å². The highest BCUT2D eigenvalue weighted by atomic mass is 16.5. The van der Waals surface area contributed by atoms with Crippen LogP contribution in [0.15, 0.2) is 34.9 Å². The number of hydrogen-bond acceptors (Lipinski definition) is 7. The highest BCUT2D eigenvalue weighted by molar-refractivity contribution is 5.97.